The van der Waals surface area contributed by atoms with Crippen molar-refractivity contribution < 1.29 is 9.53 Å². The van der Waals surface area contributed by atoms with Crippen molar-refractivity contribution >= 4 is 5.97 Å². The fourth-order valence-corrected chi connectivity index (χ4v) is 2.94. The number of esters is 1. The summed E-state index contributed by atoms with van der Waals surface area (Å²) in [5.74, 6) is 4.95. The molecule has 19 heavy (non-hydrogen) atoms. The maximum Gasteiger partial charge on any atom is 0.384 e. The molecule has 0 aliphatic carbocycles. The van der Waals surface area contributed by atoms with Gasteiger partial charge in [-0.05, 0) is 33.6 Å². The number of nitrogens with one attached hydrogen (secondary N) is 1. The molecule has 1 saturated heterocycles. The SMILES string of the molecule is CC#CC(=O)OC1CC(C)(CC)NC(C)(CC)C1C. The van der Waals surface area contributed by atoms with Crippen molar-refractivity contribution in [1.82, 2.24) is 5.32 Å². The Kier molecular flexibility index (Phi) is 5.04. The molecule has 1 aliphatic heterocycles. The van der Waals surface area contributed by atoms with E-state index in [2.05, 4.69) is 51.8 Å². The third-order valence-corrected chi connectivity index (χ3v) is 4.80. The topological polar surface area (TPSA) is 38.3 Å². The van der Waals surface area contributed by atoms with E-state index in [4.69, 9.17) is 4.74 Å². The fraction of sp³-hybridized carbons (Fsp3) is 0.812. The highest BCUT2D eigenvalue weighted by Gasteiger charge is 2.47. The largest absolute Gasteiger partial charge is 0.452 e. The van der Waals surface area contributed by atoms with Gasteiger partial charge >= 0.3 is 5.97 Å². The van der Waals surface area contributed by atoms with E-state index in [1.807, 2.05) is 0 Å². The summed E-state index contributed by atoms with van der Waals surface area (Å²) in [6.07, 6.45) is 2.81. The van der Waals surface area contributed by atoms with Gasteiger partial charge in [0.1, 0.15) is 6.10 Å². The molecule has 0 radical (unpaired) electrons. The third kappa shape index (κ3) is 3.51. The molecule has 4 atom stereocenters. The molecule has 3 heteroatoms. The lowest BCUT2D eigenvalue weighted by atomic mass is 9.70. The minimum atomic E-state index is -0.404. The predicted molar refractivity (Wildman–Crippen MR) is 77.6 cm³/mol. The maximum atomic E-state index is 11.6. The first kappa shape index (κ1) is 16.0. The van der Waals surface area contributed by atoms with Gasteiger partial charge in [-0.25, -0.2) is 4.79 Å². The summed E-state index contributed by atoms with van der Waals surface area (Å²) >= 11 is 0. The molecule has 1 fully saturated rings. The van der Waals surface area contributed by atoms with Gasteiger partial charge in [-0.3, -0.25) is 0 Å². The van der Waals surface area contributed by atoms with Gasteiger partial charge in [0.2, 0.25) is 0 Å². The zero-order valence-corrected chi connectivity index (χ0v) is 13.1. The normalized spacial score (nSPS) is 38.2. The Labute approximate surface area is 117 Å². The van der Waals surface area contributed by atoms with Crippen molar-refractivity contribution in [2.45, 2.75) is 78.0 Å². The van der Waals surface area contributed by atoms with Crippen molar-refractivity contribution in [3.05, 3.63) is 0 Å². The number of piperidine rings is 1. The van der Waals surface area contributed by atoms with Crippen LogP contribution in [0.1, 0.15) is 60.8 Å². The van der Waals surface area contributed by atoms with E-state index in [1.54, 1.807) is 6.92 Å². The van der Waals surface area contributed by atoms with Gasteiger partial charge in [-0.2, -0.15) is 0 Å². The first-order valence-electron chi connectivity index (χ1n) is 7.23. The average molecular weight is 265 g/mol. The third-order valence-electron chi connectivity index (χ3n) is 4.80. The van der Waals surface area contributed by atoms with Gasteiger partial charge in [0.05, 0.1) is 0 Å². The van der Waals surface area contributed by atoms with Crippen LogP contribution in [0.15, 0.2) is 0 Å². The molecule has 1 rings (SSSR count). The minimum absolute atomic E-state index is 0.00635. The quantitative estimate of drug-likeness (QED) is 0.484. The van der Waals surface area contributed by atoms with Crippen molar-refractivity contribution in [1.29, 1.82) is 0 Å². The number of carbonyl (C=O) groups is 1. The monoisotopic (exact) mass is 265 g/mol. The highest BCUT2D eigenvalue weighted by Crippen LogP contribution is 2.38. The van der Waals surface area contributed by atoms with E-state index >= 15 is 0 Å². The second-order valence-corrected chi connectivity index (χ2v) is 6.12. The van der Waals surface area contributed by atoms with Gasteiger partial charge in [0.15, 0.2) is 0 Å². The van der Waals surface area contributed by atoms with E-state index in [-0.39, 0.29) is 23.1 Å². The summed E-state index contributed by atoms with van der Waals surface area (Å²) in [7, 11) is 0. The van der Waals surface area contributed by atoms with Gasteiger partial charge < -0.3 is 10.1 Å². The van der Waals surface area contributed by atoms with Crippen LogP contribution in [0.3, 0.4) is 0 Å². The summed E-state index contributed by atoms with van der Waals surface area (Å²) in [5, 5.41) is 3.76. The van der Waals surface area contributed by atoms with Gasteiger partial charge in [-0.1, -0.05) is 26.7 Å². The van der Waals surface area contributed by atoms with Crippen molar-refractivity contribution in [2.24, 2.45) is 5.92 Å². The van der Waals surface area contributed by atoms with E-state index in [0.29, 0.717) is 0 Å². The molecule has 0 saturated carbocycles. The Morgan fingerprint density at radius 3 is 2.47 bits per heavy atom. The van der Waals surface area contributed by atoms with Crippen molar-refractivity contribution in [2.75, 3.05) is 0 Å². The molecule has 0 spiro atoms. The number of carbonyl (C=O) groups excluding carboxylic acids is 1. The van der Waals surface area contributed by atoms with Crippen LogP contribution >= 0.6 is 0 Å². The van der Waals surface area contributed by atoms with Crippen molar-refractivity contribution in [3.8, 4) is 11.8 Å². The molecule has 0 amide bonds. The Bertz CT molecular complexity index is 395. The Hall–Kier alpha value is -1.01. The molecule has 108 valence electrons. The molecule has 0 aromatic rings. The van der Waals surface area contributed by atoms with E-state index in [0.717, 1.165) is 19.3 Å². The second-order valence-electron chi connectivity index (χ2n) is 6.12. The second kappa shape index (κ2) is 5.96. The van der Waals surface area contributed by atoms with E-state index < -0.39 is 5.97 Å². The van der Waals surface area contributed by atoms with Crippen LogP contribution in [0.2, 0.25) is 0 Å². The summed E-state index contributed by atoms with van der Waals surface area (Å²) in [5.41, 5.74) is 0.00938. The molecular formula is C16H27NO2. The molecule has 0 aromatic carbocycles. The lowest BCUT2D eigenvalue weighted by molar-refractivity contribution is -0.151. The Morgan fingerprint density at radius 2 is 2.00 bits per heavy atom. The smallest absolute Gasteiger partial charge is 0.384 e. The lowest BCUT2D eigenvalue weighted by Crippen LogP contribution is -2.66. The van der Waals surface area contributed by atoms with Crippen LogP contribution in [-0.4, -0.2) is 23.2 Å². The molecule has 4 unspecified atom stereocenters. The molecule has 1 N–H and O–H groups in total. The lowest BCUT2D eigenvalue weighted by Gasteiger charge is -2.52. The number of hydrogen-bond donors (Lipinski definition) is 1. The van der Waals surface area contributed by atoms with E-state index in [1.165, 1.54) is 0 Å². The fourth-order valence-electron chi connectivity index (χ4n) is 2.94. The molecule has 0 bridgehead atoms. The van der Waals surface area contributed by atoms with Gasteiger partial charge in [0.25, 0.3) is 0 Å². The summed E-state index contributed by atoms with van der Waals surface area (Å²) in [4.78, 5) is 11.6. The molecule has 1 heterocycles. The van der Waals surface area contributed by atoms with Gasteiger partial charge in [0, 0.05) is 29.3 Å². The Balaban J connectivity index is 2.94. The molecule has 3 nitrogen and oxygen atoms in total. The average Bonchev–Trinajstić information content (AvgIpc) is 2.36. The highest BCUT2D eigenvalue weighted by molar-refractivity contribution is 5.88. The number of rotatable bonds is 3. The molecule has 0 aromatic heterocycles. The van der Waals surface area contributed by atoms with Crippen LogP contribution in [0.4, 0.5) is 0 Å². The van der Waals surface area contributed by atoms with Gasteiger partial charge in [-0.15, -0.1) is 0 Å². The first-order valence-corrected chi connectivity index (χ1v) is 7.23. The van der Waals surface area contributed by atoms with Crippen LogP contribution in [0, 0.1) is 17.8 Å². The van der Waals surface area contributed by atoms with Crippen molar-refractivity contribution in [3.63, 3.8) is 0 Å². The highest BCUT2D eigenvalue weighted by atomic mass is 16.5. The van der Waals surface area contributed by atoms with E-state index in [9.17, 15) is 4.79 Å². The number of ether oxygens (including phenoxy) is 1. The summed E-state index contributed by atoms with van der Waals surface area (Å²) in [6.45, 7) is 12.6. The zero-order chi connectivity index (χ0) is 14.7. The standard InChI is InChI=1S/C16H27NO2/c1-7-10-14(18)19-13-11-15(5,8-2)17-16(6,9-3)12(13)4/h12-13,17H,8-9,11H2,1-6H3. The summed E-state index contributed by atoms with van der Waals surface area (Å²) < 4.78 is 5.59. The number of hydrogen-bond acceptors (Lipinski definition) is 3. The van der Waals surface area contributed by atoms with Crippen LogP contribution < -0.4 is 5.32 Å². The summed E-state index contributed by atoms with van der Waals surface area (Å²) in [6, 6.07) is 0. The first-order chi connectivity index (χ1) is 8.80. The molecular weight excluding hydrogens is 238 g/mol. The van der Waals surface area contributed by atoms with Crippen LogP contribution in [0.5, 0.6) is 0 Å². The maximum absolute atomic E-state index is 11.6. The van der Waals surface area contributed by atoms with Crippen LogP contribution in [-0.2, 0) is 9.53 Å². The zero-order valence-electron chi connectivity index (χ0n) is 13.1. The van der Waals surface area contributed by atoms with Crippen LogP contribution in [0.25, 0.3) is 0 Å². The minimum Gasteiger partial charge on any atom is -0.452 e. The predicted octanol–water partition coefficient (Wildman–Crippen LogP) is 2.89. The Morgan fingerprint density at radius 1 is 1.37 bits per heavy atom. The molecule has 1 aliphatic rings.